The van der Waals surface area contributed by atoms with E-state index in [1.807, 2.05) is 0 Å². The van der Waals surface area contributed by atoms with Crippen LogP contribution in [0.25, 0.3) is 0 Å². The minimum atomic E-state index is 0.210. The highest BCUT2D eigenvalue weighted by molar-refractivity contribution is 5.69. The van der Waals surface area contributed by atoms with Crippen LogP contribution in [0.1, 0.15) is 66.8 Å². The third-order valence-electron chi connectivity index (χ3n) is 9.42. The highest BCUT2D eigenvalue weighted by Gasteiger charge is 2.15. The van der Waals surface area contributed by atoms with Crippen molar-refractivity contribution in [2.45, 2.75) is 83.1 Å². The molecular weight excluding hydrogens is 685 g/mol. The lowest BCUT2D eigenvalue weighted by atomic mass is 10.1. The lowest BCUT2D eigenvalue weighted by Crippen LogP contribution is -2.18. The van der Waals surface area contributed by atoms with Crippen molar-refractivity contribution in [2.24, 2.45) is 0 Å². The van der Waals surface area contributed by atoms with Gasteiger partial charge < -0.3 is 31.9 Å². The van der Waals surface area contributed by atoms with Crippen LogP contribution < -0.4 is 31.9 Å². The number of hydrogen-bond donors (Lipinski definition) is 6. The molecule has 0 aliphatic carbocycles. The van der Waals surface area contributed by atoms with Crippen molar-refractivity contribution in [3.05, 3.63) is 115 Å². The zero-order valence-electron chi connectivity index (χ0n) is 34.0. The van der Waals surface area contributed by atoms with E-state index in [0.29, 0.717) is 35.7 Å². The molecule has 0 saturated carbocycles. The van der Waals surface area contributed by atoms with E-state index < -0.39 is 0 Å². The molecule has 2 heterocycles. The van der Waals surface area contributed by atoms with Gasteiger partial charge in [0.05, 0.1) is 6.67 Å². The van der Waals surface area contributed by atoms with Crippen LogP contribution in [0.3, 0.4) is 0 Å². The fraction of sp³-hybridized carbons (Fsp3) is 0.302. The third kappa shape index (κ3) is 9.26. The number of aromatic nitrogens is 6. The monoisotopic (exact) mass is 736 g/mol. The van der Waals surface area contributed by atoms with Gasteiger partial charge in [0.15, 0.2) is 0 Å². The van der Waals surface area contributed by atoms with Crippen LogP contribution in [0.2, 0.25) is 0 Å². The van der Waals surface area contributed by atoms with E-state index in [4.69, 9.17) is 29.9 Å². The molecule has 6 rings (SSSR count). The zero-order chi connectivity index (χ0) is 39.6. The number of nitrogens with zero attached hydrogens (tertiary/aromatic N) is 6. The molecule has 0 amide bonds. The largest absolute Gasteiger partial charge is 0.337 e. The van der Waals surface area contributed by atoms with E-state index >= 15 is 0 Å². The Morgan fingerprint density at radius 2 is 0.473 bits per heavy atom. The molecule has 0 aliphatic rings. The molecule has 6 N–H and O–H groups in total. The summed E-state index contributed by atoms with van der Waals surface area (Å²) in [5.41, 5.74) is 17.4. The van der Waals surface area contributed by atoms with E-state index in [0.717, 1.165) is 67.3 Å². The van der Waals surface area contributed by atoms with Gasteiger partial charge in [-0.05, 0) is 128 Å². The predicted molar refractivity (Wildman–Crippen MR) is 228 cm³/mol. The maximum absolute atomic E-state index is 4.79. The maximum Gasteiger partial charge on any atom is 0.233 e. The Kier molecular flexibility index (Phi) is 11.2. The van der Waals surface area contributed by atoms with Crippen LogP contribution in [-0.2, 0) is 0 Å². The summed E-state index contributed by atoms with van der Waals surface area (Å²) in [6.45, 7) is 25.2. The van der Waals surface area contributed by atoms with E-state index in [9.17, 15) is 0 Å². The maximum atomic E-state index is 4.79. The second-order valence-corrected chi connectivity index (χ2v) is 14.7. The lowest BCUT2D eigenvalue weighted by Gasteiger charge is -2.17. The first-order valence-corrected chi connectivity index (χ1v) is 18.5. The van der Waals surface area contributed by atoms with Crippen LogP contribution in [0.4, 0.5) is 58.4 Å². The first-order valence-electron chi connectivity index (χ1n) is 18.5. The van der Waals surface area contributed by atoms with Crippen molar-refractivity contribution >= 4 is 58.4 Å². The van der Waals surface area contributed by atoms with Crippen LogP contribution in [-0.4, -0.2) is 36.6 Å². The van der Waals surface area contributed by atoms with Gasteiger partial charge in [-0.3, -0.25) is 0 Å². The average molecular weight is 737 g/mol. The molecule has 0 aliphatic heterocycles. The Bertz CT molecular complexity index is 1990. The normalized spacial score (nSPS) is 11.0. The molecule has 12 heteroatoms. The van der Waals surface area contributed by atoms with Crippen LogP contribution >= 0.6 is 0 Å². The Labute approximate surface area is 324 Å². The van der Waals surface area contributed by atoms with Crippen LogP contribution in [0, 0.1) is 83.1 Å². The second-order valence-electron chi connectivity index (χ2n) is 14.7. The molecule has 2 aromatic heterocycles. The Morgan fingerprint density at radius 1 is 0.291 bits per heavy atom. The van der Waals surface area contributed by atoms with Gasteiger partial charge in [0, 0.05) is 22.7 Å². The quantitative estimate of drug-likeness (QED) is 0.0664. The number of benzene rings is 4. The molecule has 284 valence electrons. The van der Waals surface area contributed by atoms with Gasteiger partial charge in [-0.15, -0.1) is 0 Å². The van der Waals surface area contributed by atoms with Crippen molar-refractivity contribution in [3.8, 4) is 0 Å². The topological polar surface area (TPSA) is 150 Å². The molecule has 0 bridgehead atoms. The summed E-state index contributed by atoms with van der Waals surface area (Å²) in [6, 6.07) is 17.1. The smallest absolute Gasteiger partial charge is 0.233 e. The van der Waals surface area contributed by atoms with Crippen LogP contribution in [0.15, 0.2) is 48.5 Å². The molecule has 55 heavy (non-hydrogen) atoms. The molecule has 0 atom stereocenters. The number of nitrogens with one attached hydrogen (secondary N) is 6. The summed E-state index contributed by atoms with van der Waals surface area (Å²) in [6.07, 6.45) is 0. The highest BCUT2D eigenvalue weighted by Crippen LogP contribution is 2.30. The molecule has 4 aromatic carbocycles. The van der Waals surface area contributed by atoms with Crippen molar-refractivity contribution < 1.29 is 0 Å². The minimum absolute atomic E-state index is 0.210. The fourth-order valence-electron chi connectivity index (χ4n) is 7.29. The van der Waals surface area contributed by atoms with Gasteiger partial charge in [0.1, 0.15) is 0 Å². The van der Waals surface area contributed by atoms with Crippen molar-refractivity contribution in [2.75, 3.05) is 38.6 Å². The minimum Gasteiger partial charge on any atom is -0.337 e. The number of hydrogen-bond acceptors (Lipinski definition) is 12. The SMILES string of the molecule is Cc1cc(C)c(Nc2nc(NCNc3nc(Nc4c(C)cc(C)cc4C)nc(Nc4c(C)cc(C)cc4C)n3)nc(Nc3c(C)cc(C)cc3C)n2)c(C)c1. The van der Waals surface area contributed by atoms with Crippen molar-refractivity contribution in [1.82, 2.24) is 29.9 Å². The predicted octanol–water partition coefficient (Wildman–Crippen LogP) is 10.2. The average Bonchev–Trinajstić information content (AvgIpc) is 3.07. The molecule has 0 spiro atoms. The first-order chi connectivity index (χ1) is 26.1. The van der Waals surface area contributed by atoms with Crippen molar-refractivity contribution in [1.29, 1.82) is 0 Å². The van der Waals surface area contributed by atoms with E-state index in [-0.39, 0.29) is 6.67 Å². The van der Waals surface area contributed by atoms with E-state index in [1.54, 1.807) is 0 Å². The van der Waals surface area contributed by atoms with Gasteiger partial charge in [0.2, 0.25) is 35.7 Å². The standard InChI is InChI=1S/C43H52N12/c1-22-13-26(5)34(27(6)14-22)46-40-50-38(51-41(54-40)47-35-28(7)15-23(2)16-29(35)8)44-21-45-39-52-42(48-36-30(9)17-24(3)18-31(36)10)55-43(53-39)49-37-32(11)19-25(4)20-33(37)12/h13-20H,21H2,1-12H3,(H3,44,46,47,50,51,54)(H3,45,48,49,52,53,55). The zero-order valence-corrected chi connectivity index (χ0v) is 34.0. The molecule has 0 saturated heterocycles. The van der Waals surface area contributed by atoms with Gasteiger partial charge in [-0.25, -0.2) is 0 Å². The molecule has 0 unspecified atom stereocenters. The van der Waals surface area contributed by atoms with Gasteiger partial charge in [-0.1, -0.05) is 70.8 Å². The Balaban J connectivity index is 1.31. The summed E-state index contributed by atoms with van der Waals surface area (Å²) >= 11 is 0. The third-order valence-corrected chi connectivity index (χ3v) is 9.42. The Hall–Kier alpha value is -6.30. The number of aryl methyl sites for hydroxylation is 12. The summed E-state index contributed by atoms with van der Waals surface area (Å²) in [7, 11) is 0. The summed E-state index contributed by atoms with van der Waals surface area (Å²) < 4.78 is 0. The first kappa shape index (κ1) is 38.4. The summed E-state index contributed by atoms with van der Waals surface area (Å²) in [5.74, 6) is 2.35. The molecule has 0 radical (unpaired) electrons. The van der Waals surface area contributed by atoms with E-state index in [2.05, 4.69) is 164 Å². The van der Waals surface area contributed by atoms with E-state index in [1.165, 1.54) is 22.3 Å². The summed E-state index contributed by atoms with van der Waals surface area (Å²) in [5, 5.41) is 20.4. The number of rotatable bonds is 12. The van der Waals surface area contributed by atoms with Crippen molar-refractivity contribution in [3.63, 3.8) is 0 Å². The van der Waals surface area contributed by atoms with Gasteiger partial charge in [-0.2, -0.15) is 29.9 Å². The number of anilines is 10. The molecule has 0 fully saturated rings. The van der Waals surface area contributed by atoms with Gasteiger partial charge >= 0.3 is 0 Å². The second kappa shape index (κ2) is 16.0. The lowest BCUT2D eigenvalue weighted by molar-refractivity contribution is 0.999. The van der Waals surface area contributed by atoms with Gasteiger partial charge in [0.25, 0.3) is 0 Å². The molecule has 6 aromatic rings. The Morgan fingerprint density at radius 3 is 0.673 bits per heavy atom. The molecule has 12 nitrogen and oxygen atoms in total. The summed E-state index contributed by atoms with van der Waals surface area (Å²) in [4.78, 5) is 28.6. The van der Waals surface area contributed by atoms with Crippen LogP contribution in [0.5, 0.6) is 0 Å². The fourth-order valence-corrected chi connectivity index (χ4v) is 7.29. The molecular formula is C43H52N12. The highest BCUT2D eigenvalue weighted by atomic mass is 15.3.